The summed E-state index contributed by atoms with van der Waals surface area (Å²) in [5.74, 6) is 0.839. The van der Waals surface area contributed by atoms with Gasteiger partial charge in [0.15, 0.2) is 0 Å². The molecule has 0 aliphatic carbocycles. The van der Waals surface area contributed by atoms with Crippen LogP contribution in [0.5, 0.6) is 11.5 Å². The molecule has 5 heteroatoms. The minimum atomic E-state index is -0.0886. The van der Waals surface area contributed by atoms with Gasteiger partial charge in [0.1, 0.15) is 11.5 Å². The van der Waals surface area contributed by atoms with Gasteiger partial charge < -0.3 is 20.1 Å². The van der Waals surface area contributed by atoms with Crippen molar-refractivity contribution in [1.29, 1.82) is 0 Å². The Balaban J connectivity index is 2.59. The van der Waals surface area contributed by atoms with E-state index in [-0.39, 0.29) is 17.6 Å². The number of benzene rings is 1. The number of phenols is 1. The topological polar surface area (TPSA) is 61.8 Å². The minimum absolute atomic E-state index is 0.0226. The van der Waals surface area contributed by atoms with Crippen molar-refractivity contribution in [3.63, 3.8) is 0 Å². The highest BCUT2D eigenvalue weighted by atomic mass is 16.5. The van der Waals surface area contributed by atoms with Crippen LogP contribution in [0.4, 0.5) is 0 Å². The highest BCUT2D eigenvalue weighted by Crippen LogP contribution is 2.24. The molecule has 1 aromatic carbocycles. The highest BCUT2D eigenvalue weighted by Gasteiger charge is 2.14. The van der Waals surface area contributed by atoms with E-state index in [4.69, 9.17) is 4.74 Å². The molecule has 118 valence electrons. The smallest absolute Gasteiger partial charge is 0.223 e. The van der Waals surface area contributed by atoms with Gasteiger partial charge in [-0.3, -0.25) is 4.79 Å². The van der Waals surface area contributed by atoms with E-state index >= 15 is 0 Å². The molecule has 0 aliphatic heterocycles. The molecule has 0 heterocycles. The third-order valence-corrected chi connectivity index (χ3v) is 3.25. The van der Waals surface area contributed by atoms with Crippen LogP contribution >= 0.6 is 0 Å². The fraction of sp³-hybridized carbons (Fsp3) is 0.562. The van der Waals surface area contributed by atoms with E-state index in [1.165, 1.54) is 0 Å². The van der Waals surface area contributed by atoms with Gasteiger partial charge in [0.05, 0.1) is 6.61 Å². The first-order chi connectivity index (χ1) is 9.97. The zero-order chi connectivity index (χ0) is 15.8. The number of ether oxygens (including phenoxy) is 1. The second-order valence-electron chi connectivity index (χ2n) is 5.35. The van der Waals surface area contributed by atoms with Gasteiger partial charge in [-0.1, -0.05) is 19.9 Å². The normalized spacial score (nSPS) is 12.2. The van der Waals surface area contributed by atoms with Crippen LogP contribution in [0.2, 0.25) is 0 Å². The van der Waals surface area contributed by atoms with Gasteiger partial charge in [-0.25, -0.2) is 0 Å². The lowest BCUT2D eigenvalue weighted by Crippen LogP contribution is -2.34. The second-order valence-corrected chi connectivity index (χ2v) is 5.35. The zero-order valence-electron chi connectivity index (χ0n) is 13.3. The van der Waals surface area contributed by atoms with Crippen molar-refractivity contribution in [2.24, 2.45) is 5.92 Å². The number of amides is 1. The molecule has 0 bridgehead atoms. The van der Waals surface area contributed by atoms with Crippen molar-refractivity contribution in [2.75, 3.05) is 27.2 Å². The summed E-state index contributed by atoms with van der Waals surface area (Å²) in [6, 6.07) is 5.36. The number of hydrogen-bond acceptors (Lipinski definition) is 4. The van der Waals surface area contributed by atoms with Crippen molar-refractivity contribution in [1.82, 2.24) is 10.2 Å². The molecule has 1 rings (SSSR count). The molecule has 1 atom stereocenters. The lowest BCUT2D eigenvalue weighted by atomic mass is 10.1. The van der Waals surface area contributed by atoms with E-state index in [9.17, 15) is 9.90 Å². The van der Waals surface area contributed by atoms with Crippen LogP contribution in [0, 0.1) is 5.92 Å². The Labute approximate surface area is 126 Å². The molecule has 5 nitrogen and oxygen atoms in total. The van der Waals surface area contributed by atoms with E-state index in [0.29, 0.717) is 25.4 Å². The van der Waals surface area contributed by atoms with Crippen molar-refractivity contribution < 1.29 is 14.6 Å². The number of nitrogens with one attached hydrogen (secondary N) is 1. The summed E-state index contributed by atoms with van der Waals surface area (Å²) in [5.41, 5.74) is 0.824. The molecule has 0 aliphatic rings. The lowest BCUT2D eigenvalue weighted by molar-refractivity contribution is -0.124. The zero-order valence-corrected chi connectivity index (χ0v) is 13.3. The third kappa shape index (κ3) is 5.63. The Bertz CT molecular complexity index is 463. The average molecular weight is 294 g/mol. The summed E-state index contributed by atoms with van der Waals surface area (Å²) >= 11 is 0. The number of carbonyl (C=O) groups excluding carboxylic acids is 1. The van der Waals surface area contributed by atoms with Gasteiger partial charge in [-0.2, -0.15) is 0 Å². The Morgan fingerprint density at radius 3 is 2.76 bits per heavy atom. The molecule has 0 saturated carbocycles. The number of phenolic OH excluding ortho intramolecular Hbond substituents is 1. The van der Waals surface area contributed by atoms with Crippen LogP contribution in [-0.2, 0) is 11.3 Å². The fourth-order valence-electron chi connectivity index (χ4n) is 2.14. The largest absolute Gasteiger partial charge is 0.507 e. The minimum Gasteiger partial charge on any atom is -0.507 e. The molecule has 21 heavy (non-hydrogen) atoms. The van der Waals surface area contributed by atoms with Crippen molar-refractivity contribution in [3.05, 3.63) is 23.8 Å². The first-order valence-electron chi connectivity index (χ1n) is 7.32. The van der Waals surface area contributed by atoms with Crippen molar-refractivity contribution >= 4 is 5.91 Å². The molecule has 0 aromatic heterocycles. The average Bonchev–Trinajstić information content (AvgIpc) is 2.46. The lowest BCUT2D eigenvalue weighted by Gasteiger charge is -2.21. The molecule has 0 saturated heterocycles. The Kier molecular flexibility index (Phi) is 7.02. The summed E-state index contributed by atoms with van der Waals surface area (Å²) in [6.45, 7) is 5.78. The van der Waals surface area contributed by atoms with Gasteiger partial charge in [-0.15, -0.1) is 0 Å². The van der Waals surface area contributed by atoms with Gasteiger partial charge in [0.2, 0.25) is 5.91 Å². The van der Waals surface area contributed by atoms with Gasteiger partial charge in [-0.05, 0) is 19.5 Å². The Morgan fingerprint density at radius 2 is 2.19 bits per heavy atom. The Hall–Kier alpha value is -1.75. The summed E-state index contributed by atoms with van der Waals surface area (Å²) in [7, 11) is 3.57. The monoisotopic (exact) mass is 294 g/mol. The molecule has 1 unspecified atom stereocenters. The van der Waals surface area contributed by atoms with E-state index in [1.807, 2.05) is 37.9 Å². The predicted octanol–water partition coefficient (Wildman–Crippen LogP) is 1.99. The summed E-state index contributed by atoms with van der Waals surface area (Å²) < 4.78 is 5.48. The second kappa shape index (κ2) is 8.52. The maximum absolute atomic E-state index is 11.5. The molecular weight excluding hydrogens is 268 g/mol. The van der Waals surface area contributed by atoms with Crippen molar-refractivity contribution in [3.8, 4) is 11.5 Å². The van der Waals surface area contributed by atoms with E-state index in [2.05, 4.69) is 5.32 Å². The maximum atomic E-state index is 11.5. The maximum Gasteiger partial charge on any atom is 0.223 e. The number of aromatic hydroxyl groups is 1. The number of carbonyl (C=O) groups is 1. The fourth-order valence-corrected chi connectivity index (χ4v) is 2.14. The summed E-state index contributed by atoms with van der Waals surface area (Å²) in [4.78, 5) is 13.5. The van der Waals surface area contributed by atoms with Crippen LogP contribution in [0.1, 0.15) is 25.8 Å². The molecular formula is C16H26N2O3. The number of hydrogen-bond donors (Lipinski definition) is 2. The Morgan fingerprint density at radius 1 is 1.48 bits per heavy atom. The van der Waals surface area contributed by atoms with Crippen LogP contribution in [0.15, 0.2) is 18.2 Å². The van der Waals surface area contributed by atoms with Crippen molar-refractivity contribution in [2.45, 2.75) is 26.8 Å². The first-order valence-corrected chi connectivity index (χ1v) is 7.32. The molecule has 1 amide bonds. The molecule has 0 radical (unpaired) electrons. The van der Waals surface area contributed by atoms with Crippen LogP contribution in [0.25, 0.3) is 0 Å². The SMILES string of the molecule is CCCOc1ccc(CN(C)CC(C)C(=O)NC)c(O)c1. The predicted molar refractivity (Wildman–Crippen MR) is 83.5 cm³/mol. The quantitative estimate of drug-likeness (QED) is 0.770. The summed E-state index contributed by atoms with van der Waals surface area (Å²) in [6.07, 6.45) is 0.933. The van der Waals surface area contributed by atoms with Crippen LogP contribution in [-0.4, -0.2) is 43.2 Å². The third-order valence-electron chi connectivity index (χ3n) is 3.25. The van der Waals surface area contributed by atoms with Crippen LogP contribution in [0.3, 0.4) is 0 Å². The van der Waals surface area contributed by atoms with E-state index < -0.39 is 0 Å². The first kappa shape index (κ1) is 17.3. The van der Waals surface area contributed by atoms with Crippen LogP contribution < -0.4 is 10.1 Å². The van der Waals surface area contributed by atoms with E-state index in [0.717, 1.165) is 12.0 Å². The number of nitrogens with zero attached hydrogens (tertiary/aromatic N) is 1. The van der Waals surface area contributed by atoms with Gasteiger partial charge in [0.25, 0.3) is 0 Å². The molecule has 0 spiro atoms. The van der Waals surface area contributed by atoms with E-state index in [1.54, 1.807) is 13.1 Å². The standard InChI is InChI=1S/C16H26N2O3/c1-5-8-21-14-7-6-13(15(19)9-14)11-18(4)10-12(2)16(20)17-3/h6-7,9,12,19H,5,8,10-11H2,1-4H3,(H,17,20). The van der Waals surface area contributed by atoms with Gasteiger partial charge >= 0.3 is 0 Å². The molecule has 2 N–H and O–H groups in total. The highest BCUT2D eigenvalue weighted by molar-refractivity contribution is 5.78. The molecule has 0 fully saturated rings. The summed E-state index contributed by atoms with van der Waals surface area (Å²) in [5, 5.41) is 12.7. The molecule has 1 aromatic rings. The van der Waals surface area contributed by atoms with Gasteiger partial charge in [0, 0.05) is 37.7 Å². The number of rotatable bonds is 8.